The predicted molar refractivity (Wildman–Crippen MR) is 111 cm³/mol. The number of imide groups is 1. The lowest BCUT2D eigenvalue weighted by Crippen LogP contribution is -2.55. The fourth-order valence-corrected chi connectivity index (χ4v) is 4.94. The summed E-state index contributed by atoms with van der Waals surface area (Å²) in [5.74, 6) is -0.527. The van der Waals surface area contributed by atoms with Crippen molar-refractivity contribution in [1.82, 2.24) is 15.1 Å². The smallest absolute Gasteiger partial charge is 0.326 e. The number of carbonyl (C=O) groups excluding carboxylic acids is 3. The number of ketones is 1. The van der Waals surface area contributed by atoms with Crippen LogP contribution in [0.25, 0.3) is 0 Å². The lowest BCUT2D eigenvalue weighted by atomic mass is 9.73. The highest BCUT2D eigenvalue weighted by Gasteiger charge is 2.55. The van der Waals surface area contributed by atoms with Crippen molar-refractivity contribution in [3.05, 3.63) is 29.6 Å². The van der Waals surface area contributed by atoms with E-state index in [-0.39, 0.29) is 30.3 Å². The van der Waals surface area contributed by atoms with Gasteiger partial charge in [-0.15, -0.1) is 0 Å². The average molecular weight is 416 g/mol. The van der Waals surface area contributed by atoms with E-state index >= 15 is 0 Å². The molecule has 1 aromatic rings. The zero-order valence-corrected chi connectivity index (χ0v) is 17.6. The van der Waals surface area contributed by atoms with Crippen molar-refractivity contribution in [2.24, 2.45) is 5.92 Å². The quantitative estimate of drug-likeness (QED) is 0.603. The number of Topliss-reactive ketones (excluding diaryl/α,β-unsaturated/α-hetero) is 1. The van der Waals surface area contributed by atoms with Crippen LogP contribution < -0.4 is 10.2 Å². The van der Waals surface area contributed by atoms with Crippen molar-refractivity contribution in [2.45, 2.75) is 45.1 Å². The van der Waals surface area contributed by atoms with Gasteiger partial charge >= 0.3 is 6.03 Å². The normalized spacial score (nSPS) is 27.6. The maximum Gasteiger partial charge on any atom is 0.326 e. The highest BCUT2D eigenvalue weighted by molar-refractivity contribution is 6.07. The Labute approximate surface area is 176 Å². The molecule has 2 atom stereocenters. The second-order valence-electron chi connectivity index (χ2n) is 8.75. The molecule has 30 heavy (non-hydrogen) atoms. The van der Waals surface area contributed by atoms with E-state index in [0.717, 1.165) is 19.3 Å². The van der Waals surface area contributed by atoms with Crippen LogP contribution in [0.5, 0.6) is 0 Å². The van der Waals surface area contributed by atoms with Crippen LogP contribution in [-0.4, -0.2) is 65.9 Å². The van der Waals surface area contributed by atoms with E-state index < -0.39 is 11.4 Å². The van der Waals surface area contributed by atoms with Crippen LogP contribution in [0.1, 0.15) is 49.9 Å². The van der Waals surface area contributed by atoms with Crippen LogP contribution >= 0.6 is 0 Å². The molecule has 0 bridgehead atoms. The third-order valence-electron chi connectivity index (χ3n) is 6.91. The van der Waals surface area contributed by atoms with Crippen LogP contribution in [0, 0.1) is 11.7 Å². The molecule has 1 aromatic carbocycles. The largest absolute Gasteiger partial charge is 0.367 e. The van der Waals surface area contributed by atoms with Gasteiger partial charge in [-0.2, -0.15) is 0 Å². The van der Waals surface area contributed by atoms with Crippen molar-refractivity contribution in [1.29, 1.82) is 0 Å². The van der Waals surface area contributed by atoms with Crippen LogP contribution in [0.2, 0.25) is 0 Å². The Morgan fingerprint density at radius 2 is 1.93 bits per heavy atom. The molecule has 1 spiro atoms. The number of halogens is 1. The molecular formula is C22H29FN4O3. The van der Waals surface area contributed by atoms with Gasteiger partial charge in [-0.1, -0.05) is 19.8 Å². The van der Waals surface area contributed by atoms with Gasteiger partial charge in [0.2, 0.25) is 0 Å². The number of anilines is 1. The number of amides is 3. The molecule has 3 amide bonds. The topological polar surface area (TPSA) is 73.0 Å². The standard InChI is InChI=1S/C22H29FN4O3/c1-15-5-3-4-8-22(15)20(29)27(21(30)24-22)14-25-9-11-26(12-10-25)19-7-6-17(16(2)28)13-18(19)23/h6-7,13,15H,3-5,8-12,14H2,1-2H3,(H,24,30)/t15-,22-/m0/s1. The Kier molecular flexibility index (Phi) is 5.53. The molecule has 3 fully saturated rings. The summed E-state index contributed by atoms with van der Waals surface area (Å²) in [6, 6.07) is 4.27. The molecule has 4 rings (SSSR count). The highest BCUT2D eigenvalue weighted by atomic mass is 19.1. The van der Waals surface area contributed by atoms with Gasteiger partial charge in [-0.3, -0.25) is 14.5 Å². The summed E-state index contributed by atoms with van der Waals surface area (Å²) in [6.45, 7) is 6.13. The van der Waals surface area contributed by atoms with E-state index in [1.165, 1.54) is 17.9 Å². The summed E-state index contributed by atoms with van der Waals surface area (Å²) in [5, 5.41) is 2.99. The summed E-state index contributed by atoms with van der Waals surface area (Å²) >= 11 is 0. The molecular weight excluding hydrogens is 387 g/mol. The Bertz CT molecular complexity index is 868. The summed E-state index contributed by atoms with van der Waals surface area (Å²) in [4.78, 5) is 42.5. The van der Waals surface area contributed by atoms with Gasteiger partial charge in [-0.25, -0.2) is 14.1 Å². The first kappa shape index (κ1) is 20.8. The second kappa shape index (κ2) is 7.98. The number of rotatable bonds is 4. The van der Waals surface area contributed by atoms with Crippen molar-refractivity contribution in [2.75, 3.05) is 37.7 Å². The van der Waals surface area contributed by atoms with Gasteiger partial charge in [0.05, 0.1) is 12.4 Å². The number of piperazine rings is 1. The van der Waals surface area contributed by atoms with E-state index in [9.17, 15) is 18.8 Å². The SMILES string of the molecule is CC(=O)c1ccc(N2CCN(CN3C(=O)N[C@]4(CCCC[C@@H]4C)C3=O)CC2)c(F)c1. The molecule has 162 valence electrons. The lowest BCUT2D eigenvalue weighted by molar-refractivity contribution is -0.135. The van der Waals surface area contributed by atoms with E-state index in [1.54, 1.807) is 12.1 Å². The first-order valence-corrected chi connectivity index (χ1v) is 10.7. The summed E-state index contributed by atoms with van der Waals surface area (Å²) in [5.41, 5.74) is 0.0996. The Balaban J connectivity index is 1.38. The third kappa shape index (κ3) is 3.57. The predicted octanol–water partition coefficient (Wildman–Crippen LogP) is 2.61. The van der Waals surface area contributed by atoms with Crippen molar-refractivity contribution < 1.29 is 18.8 Å². The van der Waals surface area contributed by atoms with E-state index in [1.807, 2.05) is 11.8 Å². The molecule has 8 heteroatoms. The molecule has 0 radical (unpaired) electrons. The molecule has 1 N–H and O–H groups in total. The number of benzene rings is 1. The maximum atomic E-state index is 14.4. The van der Waals surface area contributed by atoms with Gasteiger partial charge in [0, 0.05) is 31.7 Å². The fraction of sp³-hybridized carbons (Fsp3) is 0.591. The Morgan fingerprint density at radius 1 is 1.20 bits per heavy atom. The van der Waals surface area contributed by atoms with E-state index in [2.05, 4.69) is 10.2 Å². The lowest BCUT2D eigenvalue weighted by Gasteiger charge is -2.38. The fourth-order valence-electron chi connectivity index (χ4n) is 4.94. The second-order valence-corrected chi connectivity index (χ2v) is 8.75. The molecule has 0 unspecified atom stereocenters. The van der Waals surface area contributed by atoms with Crippen molar-refractivity contribution >= 4 is 23.4 Å². The van der Waals surface area contributed by atoms with Crippen molar-refractivity contribution in [3.8, 4) is 0 Å². The summed E-state index contributed by atoms with van der Waals surface area (Å²) in [6.07, 6.45) is 3.71. The maximum absolute atomic E-state index is 14.4. The van der Waals surface area contributed by atoms with Crippen LogP contribution in [0.3, 0.4) is 0 Å². The van der Waals surface area contributed by atoms with Gasteiger partial charge in [0.1, 0.15) is 11.4 Å². The molecule has 2 heterocycles. The summed E-state index contributed by atoms with van der Waals surface area (Å²) < 4.78 is 14.4. The third-order valence-corrected chi connectivity index (χ3v) is 6.91. The van der Waals surface area contributed by atoms with Gasteiger partial charge < -0.3 is 10.2 Å². The highest BCUT2D eigenvalue weighted by Crippen LogP contribution is 2.38. The first-order chi connectivity index (χ1) is 14.3. The zero-order chi connectivity index (χ0) is 21.5. The molecule has 2 aliphatic heterocycles. The minimum absolute atomic E-state index is 0.104. The van der Waals surface area contributed by atoms with Gasteiger partial charge in [0.15, 0.2) is 5.78 Å². The molecule has 7 nitrogen and oxygen atoms in total. The van der Waals surface area contributed by atoms with Crippen LogP contribution in [0.15, 0.2) is 18.2 Å². The number of hydrogen-bond donors (Lipinski definition) is 1. The minimum atomic E-state index is -0.737. The number of nitrogens with one attached hydrogen (secondary N) is 1. The number of hydrogen-bond acceptors (Lipinski definition) is 5. The van der Waals surface area contributed by atoms with Crippen LogP contribution in [-0.2, 0) is 4.79 Å². The average Bonchev–Trinajstić information content (AvgIpc) is 2.96. The monoisotopic (exact) mass is 416 g/mol. The van der Waals surface area contributed by atoms with Crippen molar-refractivity contribution in [3.63, 3.8) is 0 Å². The Morgan fingerprint density at radius 3 is 2.57 bits per heavy atom. The molecule has 2 saturated heterocycles. The minimum Gasteiger partial charge on any atom is -0.367 e. The van der Waals surface area contributed by atoms with E-state index in [0.29, 0.717) is 43.9 Å². The molecule has 1 aliphatic carbocycles. The molecule has 0 aromatic heterocycles. The first-order valence-electron chi connectivity index (χ1n) is 10.7. The number of urea groups is 1. The van der Waals surface area contributed by atoms with Gasteiger partial charge in [-0.05, 0) is 43.9 Å². The van der Waals surface area contributed by atoms with E-state index in [4.69, 9.17) is 0 Å². The summed E-state index contributed by atoms with van der Waals surface area (Å²) in [7, 11) is 0. The molecule has 1 saturated carbocycles. The zero-order valence-electron chi connectivity index (χ0n) is 17.6. The Hall–Kier alpha value is -2.48. The molecule has 3 aliphatic rings. The number of carbonyl (C=O) groups is 3. The van der Waals surface area contributed by atoms with Gasteiger partial charge in [0.25, 0.3) is 5.91 Å². The van der Waals surface area contributed by atoms with Crippen LogP contribution in [0.4, 0.5) is 14.9 Å². The number of nitrogens with zero attached hydrogens (tertiary/aromatic N) is 3.